The van der Waals surface area contributed by atoms with Crippen LogP contribution in [-0.4, -0.2) is 37.6 Å². The summed E-state index contributed by atoms with van der Waals surface area (Å²) in [7, 11) is 3.47. The Labute approximate surface area is 187 Å². The number of hydrogen-bond donors (Lipinski definition) is 4. The predicted molar refractivity (Wildman–Crippen MR) is 127 cm³/mol. The number of nitrogens with zero attached hydrogens (tertiary/aromatic N) is 1. The number of hydrogen-bond acceptors (Lipinski definition) is 7. The van der Waals surface area contributed by atoms with E-state index in [-0.39, 0.29) is 6.04 Å². The van der Waals surface area contributed by atoms with Crippen LogP contribution >= 0.6 is 0 Å². The van der Waals surface area contributed by atoms with E-state index < -0.39 is 6.23 Å². The normalized spacial score (nSPS) is 15.3. The summed E-state index contributed by atoms with van der Waals surface area (Å²) in [6.45, 7) is 2.00. The van der Waals surface area contributed by atoms with Gasteiger partial charge in [-0.2, -0.15) is 0 Å². The molecular formula is C25H25N5O2. The van der Waals surface area contributed by atoms with E-state index in [9.17, 15) is 0 Å². The van der Waals surface area contributed by atoms with E-state index in [1.54, 1.807) is 7.11 Å². The van der Waals surface area contributed by atoms with Crippen molar-refractivity contribution in [3.63, 3.8) is 0 Å². The number of fused-ring (bicyclic) bond motifs is 4. The molecule has 2 unspecified atom stereocenters. The maximum absolute atomic E-state index is 7.85. The minimum Gasteiger partial charge on any atom is -0.493 e. The fourth-order valence-corrected chi connectivity index (χ4v) is 3.46. The number of nitrogens with one attached hydrogen (secondary N) is 4. The summed E-state index contributed by atoms with van der Waals surface area (Å²) in [5, 5.41) is 14.4. The molecule has 1 aliphatic heterocycles. The Morgan fingerprint density at radius 2 is 1.97 bits per heavy atom. The van der Waals surface area contributed by atoms with Crippen LogP contribution in [-0.2, 0) is 4.84 Å². The van der Waals surface area contributed by atoms with E-state index in [0.29, 0.717) is 28.5 Å². The lowest BCUT2D eigenvalue weighted by Gasteiger charge is -2.25. The Bertz CT molecular complexity index is 1180. The summed E-state index contributed by atoms with van der Waals surface area (Å²) in [5.74, 6) is 7.50. The van der Waals surface area contributed by atoms with Crippen LogP contribution in [0.15, 0.2) is 54.6 Å². The van der Waals surface area contributed by atoms with Gasteiger partial charge < -0.3 is 20.8 Å². The summed E-state index contributed by atoms with van der Waals surface area (Å²) in [4.78, 5) is 10.7. The molecule has 0 fully saturated rings. The van der Waals surface area contributed by atoms with Crippen molar-refractivity contribution in [2.45, 2.75) is 19.2 Å². The minimum absolute atomic E-state index is 0.0394. The number of benzene rings is 2. The van der Waals surface area contributed by atoms with Gasteiger partial charge in [-0.1, -0.05) is 42.3 Å². The molecule has 7 nitrogen and oxygen atoms in total. The largest absolute Gasteiger partial charge is 0.493 e. The standard InChI is InChI=1S/C25H25N5O2/c1-16(27-2)25-29-22-14-20(19-11-7-10-18(15-26)23(19)30-32-25)24(31-3)21(28-22)13-12-17-8-5-4-6-9-17/h4-11,14-16,25-27,30H,1-3H3,(H,28,29). The first-order valence-electron chi connectivity index (χ1n) is 10.3. The summed E-state index contributed by atoms with van der Waals surface area (Å²) >= 11 is 0. The fourth-order valence-electron chi connectivity index (χ4n) is 3.46. The predicted octanol–water partition coefficient (Wildman–Crippen LogP) is 3.86. The molecule has 0 spiro atoms. The Kier molecular flexibility index (Phi) is 6.36. The van der Waals surface area contributed by atoms with Crippen LogP contribution in [0.3, 0.4) is 0 Å². The lowest BCUT2D eigenvalue weighted by Crippen LogP contribution is -2.43. The van der Waals surface area contributed by atoms with Gasteiger partial charge in [0.25, 0.3) is 0 Å². The van der Waals surface area contributed by atoms with E-state index in [1.807, 2.05) is 68.6 Å². The van der Waals surface area contributed by atoms with Crippen molar-refractivity contribution in [3.05, 3.63) is 71.4 Å². The highest BCUT2D eigenvalue weighted by Crippen LogP contribution is 2.40. The van der Waals surface area contributed by atoms with Crippen molar-refractivity contribution < 1.29 is 9.57 Å². The average Bonchev–Trinajstić information content (AvgIpc) is 2.90. The van der Waals surface area contributed by atoms with Crippen LogP contribution in [0.4, 0.5) is 11.5 Å². The SMILES string of the molecule is CNC(C)C1Nc2cc(c(OC)c(C#Cc3ccccc3)n2)-c2cccc(C=N)c2NO1. The quantitative estimate of drug-likeness (QED) is 0.373. The average molecular weight is 428 g/mol. The molecule has 7 heteroatoms. The zero-order valence-corrected chi connectivity index (χ0v) is 18.2. The van der Waals surface area contributed by atoms with Crippen LogP contribution in [0.25, 0.3) is 11.1 Å². The van der Waals surface area contributed by atoms with Crippen molar-refractivity contribution in [1.29, 1.82) is 5.41 Å². The van der Waals surface area contributed by atoms with Gasteiger partial charge in [-0.3, -0.25) is 5.48 Å². The number of aromatic nitrogens is 1. The van der Waals surface area contributed by atoms with Gasteiger partial charge in [0.15, 0.2) is 17.7 Å². The molecule has 4 rings (SSSR count). The molecule has 0 aliphatic carbocycles. The molecule has 0 saturated heterocycles. The zero-order valence-electron chi connectivity index (χ0n) is 18.2. The number of rotatable bonds is 4. The number of methoxy groups -OCH3 is 1. The lowest BCUT2D eigenvalue weighted by molar-refractivity contribution is 0.0955. The molecule has 0 amide bonds. The van der Waals surface area contributed by atoms with Gasteiger partial charge in [0, 0.05) is 28.5 Å². The van der Waals surface area contributed by atoms with Crippen molar-refractivity contribution in [3.8, 4) is 28.7 Å². The topological polar surface area (TPSA) is 91.3 Å². The monoisotopic (exact) mass is 427 g/mol. The van der Waals surface area contributed by atoms with E-state index in [0.717, 1.165) is 16.7 Å². The van der Waals surface area contributed by atoms with Crippen LogP contribution in [0, 0.1) is 17.3 Å². The van der Waals surface area contributed by atoms with Gasteiger partial charge >= 0.3 is 0 Å². The first kappa shape index (κ1) is 21.4. The highest BCUT2D eigenvalue weighted by atomic mass is 16.7. The molecule has 2 aromatic carbocycles. The molecule has 1 aromatic heterocycles. The Morgan fingerprint density at radius 1 is 1.16 bits per heavy atom. The van der Waals surface area contributed by atoms with Gasteiger partial charge in [0.1, 0.15) is 5.82 Å². The molecule has 3 aromatic rings. The maximum Gasteiger partial charge on any atom is 0.171 e. The lowest BCUT2D eigenvalue weighted by atomic mass is 9.99. The molecular weight excluding hydrogens is 402 g/mol. The third kappa shape index (κ3) is 4.28. The van der Waals surface area contributed by atoms with Crippen LogP contribution in [0.1, 0.15) is 23.7 Å². The van der Waals surface area contributed by atoms with Gasteiger partial charge in [0.05, 0.1) is 18.8 Å². The van der Waals surface area contributed by atoms with Crippen LogP contribution in [0.5, 0.6) is 5.75 Å². The summed E-state index contributed by atoms with van der Waals surface area (Å²) in [5.41, 5.74) is 7.46. The zero-order chi connectivity index (χ0) is 22.5. The van der Waals surface area contributed by atoms with Gasteiger partial charge in [0.2, 0.25) is 0 Å². The number of pyridine rings is 1. The molecule has 2 heterocycles. The van der Waals surface area contributed by atoms with Gasteiger partial charge in [-0.25, -0.2) is 9.82 Å². The van der Waals surface area contributed by atoms with Gasteiger partial charge in [-0.15, -0.1) is 0 Å². The molecule has 162 valence electrons. The van der Waals surface area contributed by atoms with Crippen molar-refractivity contribution in [2.24, 2.45) is 0 Å². The van der Waals surface area contributed by atoms with Crippen LogP contribution in [0.2, 0.25) is 0 Å². The van der Waals surface area contributed by atoms with E-state index >= 15 is 0 Å². The number of para-hydroxylation sites is 1. The van der Waals surface area contributed by atoms with Gasteiger partial charge in [-0.05, 0) is 38.1 Å². The maximum atomic E-state index is 7.85. The molecule has 1 aliphatic rings. The number of ether oxygens (including phenoxy) is 1. The van der Waals surface area contributed by atoms with Crippen molar-refractivity contribution in [2.75, 3.05) is 25.0 Å². The third-order valence-corrected chi connectivity index (χ3v) is 5.31. The Hall–Kier alpha value is -3.86. The minimum atomic E-state index is -0.437. The fraction of sp³-hybridized carbons (Fsp3) is 0.200. The first-order chi connectivity index (χ1) is 15.6. The van der Waals surface area contributed by atoms with Crippen LogP contribution < -0.4 is 20.9 Å². The molecule has 2 bridgehead atoms. The first-order valence-corrected chi connectivity index (χ1v) is 10.3. The molecule has 32 heavy (non-hydrogen) atoms. The van der Waals surface area contributed by atoms with Crippen molar-refractivity contribution >= 4 is 17.7 Å². The smallest absolute Gasteiger partial charge is 0.171 e. The molecule has 4 N–H and O–H groups in total. The highest BCUT2D eigenvalue weighted by molar-refractivity contribution is 5.95. The second-order valence-electron chi connectivity index (χ2n) is 7.33. The van der Waals surface area contributed by atoms with E-state index in [4.69, 9.17) is 20.0 Å². The second-order valence-corrected chi connectivity index (χ2v) is 7.33. The molecule has 2 atom stereocenters. The Balaban J connectivity index is 1.94. The number of likely N-dealkylation sites (N-methyl/N-ethyl adjacent to an activating group) is 1. The highest BCUT2D eigenvalue weighted by Gasteiger charge is 2.25. The number of anilines is 2. The molecule has 0 radical (unpaired) electrons. The molecule has 0 saturated carbocycles. The van der Waals surface area contributed by atoms with Crippen molar-refractivity contribution in [1.82, 2.24) is 10.3 Å². The third-order valence-electron chi connectivity index (χ3n) is 5.31. The summed E-state index contributed by atoms with van der Waals surface area (Å²) in [6, 6.07) is 17.3. The second kappa shape index (κ2) is 9.52. The van der Waals surface area contributed by atoms with E-state index in [1.165, 1.54) is 6.21 Å². The Morgan fingerprint density at radius 3 is 2.69 bits per heavy atom. The summed E-state index contributed by atoms with van der Waals surface area (Å²) in [6.07, 6.45) is 0.857. The van der Waals surface area contributed by atoms with E-state index in [2.05, 4.69) is 28.0 Å². The summed E-state index contributed by atoms with van der Waals surface area (Å²) < 4.78 is 5.78.